The first kappa shape index (κ1) is 8.24. The molecular formula is C12H12O. The van der Waals surface area contributed by atoms with E-state index in [2.05, 4.69) is 19.1 Å². The molecule has 66 valence electrons. The van der Waals surface area contributed by atoms with Crippen LogP contribution in [0.3, 0.4) is 0 Å². The third kappa shape index (κ3) is 1.31. The number of rotatable bonds is 2. The van der Waals surface area contributed by atoms with Crippen molar-refractivity contribution in [1.82, 2.24) is 0 Å². The van der Waals surface area contributed by atoms with Gasteiger partial charge in [0.15, 0.2) is 5.43 Å². The zero-order valence-corrected chi connectivity index (χ0v) is 7.92. The number of benzene rings is 1. The van der Waals surface area contributed by atoms with Crippen molar-refractivity contribution in [1.29, 1.82) is 0 Å². The van der Waals surface area contributed by atoms with E-state index in [1.165, 1.54) is 5.56 Å². The Morgan fingerprint density at radius 2 is 1.69 bits per heavy atom. The lowest BCUT2D eigenvalue weighted by Gasteiger charge is -1.96. The molecule has 1 heteroatoms. The highest BCUT2D eigenvalue weighted by molar-refractivity contribution is 5.75. The second-order valence-electron chi connectivity index (χ2n) is 3.38. The molecule has 0 atom stereocenters. The first-order chi connectivity index (χ1) is 6.24. The highest BCUT2D eigenvalue weighted by Gasteiger charge is 2.18. The summed E-state index contributed by atoms with van der Waals surface area (Å²) in [4.78, 5) is 11.1. The molecule has 0 aromatic heterocycles. The molecular weight excluding hydrogens is 160 g/mol. The van der Waals surface area contributed by atoms with Crippen molar-refractivity contribution >= 4 is 0 Å². The Kier molecular flexibility index (Phi) is 1.80. The fourth-order valence-electron chi connectivity index (χ4n) is 1.51. The lowest BCUT2D eigenvalue weighted by Crippen LogP contribution is -1.80. The summed E-state index contributed by atoms with van der Waals surface area (Å²) in [6.45, 7) is 4.01. The lowest BCUT2D eigenvalue weighted by atomic mass is 10.1. The van der Waals surface area contributed by atoms with Gasteiger partial charge in [0.2, 0.25) is 0 Å². The molecule has 0 amide bonds. The smallest absolute Gasteiger partial charge is 0.190 e. The van der Waals surface area contributed by atoms with Gasteiger partial charge >= 0.3 is 0 Å². The van der Waals surface area contributed by atoms with E-state index in [-0.39, 0.29) is 5.43 Å². The quantitative estimate of drug-likeness (QED) is 0.680. The Morgan fingerprint density at radius 1 is 1.15 bits per heavy atom. The van der Waals surface area contributed by atoms with Gasteiger partial charge in [-0.05, 0) is 24.5 Å². The molecule has 0 saturated heterocycles. The van der Waals surface area contributed by atoms with Crippen LogP contribution in [0.4, 0.5) is 0 Å². The van der Waals surface area contributed by atoms with Gasteiger partial charge in [-0.25, -0.2) is 0 Å². The molecule has 0 radical (unpaired) electrons. The van der Waals surface area contributed by atoms with Crippen molar-refractivity contribution in [2.24, 2.45) is 0 Å². The van der Waals surface area contributed by atoms with Crippen molar-refractivity contribution in [2.75, 3.05) is 0 Å². The number of hydrogen-bond donors (Lipinski definition) is 0. The highest BCUT2D eigenvalue weighted by Crippen LogP contribution is 2.24. The average Bonchev–Trinajstić information content (AvgIpc) is 2.75. The average molecular weight is 172 g/mol. The third-order valence-corrected chi connectivity index (χ3v) is 2.53. The summed E-state index contributed by atoms with van der Waals surface area (Å²) >= 11 is 0. The molecule has 1 nitrogen and oxygen atoms in total. The number of aryl methyl sites for hydroxylation is 1. The Morgan fingerprint density at radius 3 is 2.08 bits per heavy atom. The van der Waals surface area contributed by atoms with Crippen molar-refractivity contribution in [3.05, 3.63) is 45.6 Å². The van der Waals surface area contributed by atoms with Crippen LogP contribution in [0.5, 0.6) is 0 Å². The van der Waals surface area contributed by atoms with Gasteiger partial charge in [0.05, 0.1) is 0 Å². The van der Waals surface area contributed by atoms with Gasteiger partial charge < -0.3 is 0 Å². The van der Waals surface area contributed by atoms with Crippen LogP contribution in [0.2, 0.25) is 0 Å². The maximum absolute atomic E-state index is 11.1. The largest absolute Gasteiger partial charge is 0.289 e. The number of hydrogen-bond acceptors (Lipinski definition) is 1. The molecule has 0 unspecified atom stereocenters. The molecule has 0 aliphatic heterocycles. The molecule has 0 aliphatic rings. The van der Waals surface area contributed by atoms with Gasteiger partial charge in [-0.2, -0.15) is 0 Å². The van der Waals surface area contributed by atoms with E-state index < -0.39 is 0 Å². The fourth-order valence-corrected chi connectivity index (χ4v) is 1.51. The van der Waals surface area contributed by atoms with Crippen molar-refractivity contribution < 1.29 is 0 Å². The summed E-state index contributed by atoms with van der Waals surface area (Å²) in [5.74, 6) is 0. The molecule has 0 heterocycles. The molecule has 0 aliphatic carbocycles. The van der Waals surface area contributed by atoms with Crippen LogP contribution >= 0.6 is 0 Å². The molecule has 0 bridgehead atoms. The van der Waals surface area contributed by atoms with Gasteiger partial charge in [0, 0.05) is 11.1 Å². The fraction of sp³-hybridized carbons (Fsp3) is 0.250. The molecule has 2 aromatic carbocycles. The highest BCUT2D eigenvalue weighted by atomic mass is 16.1. The van der Waals surface area contributed by atoms with Crippen LogP contribution in [-0.4, -0.2) is 0 Å². The van der Waals surface area contributed by atoms with E-state index >= 15 is 0 Å². The lowest BCUT2D eigenvalue weighted by molar-refractivity contribution is 1.14. The molecule has 13 heavy (non-hydrogen) atoms. The van der Waals surface area contributed by atoms with E-state index in [9.17, 15) is 4.79 Å². The van der Waals surface area contributed by atoms with E-state index in [4.69, 9.17) is 0 Å². The van der Waals surface area contributed by atoms with Crippen LogP contribution in [-0.2, 0) is 6.42 Å². The van der Waals surface area contributed by atoms with Gasteiger partial charge in [-0.3, -0.25) is 4.79 Å². The third-order valence-electron chi connectivity index (χ3n) is 2.53. The summed E-state index contributed by atoms with van der Waals surface area (Å²) in [7, 11) is 0. The van der Waals surface area contributed by atoms with Gasteiger partial charge in [0.25, 0.3) is 0 Å². The summed E-state index contributed by atoms with van der Waals surface area (Å²) in [5, 5.41) is 0. The molecule has 2 aromatic rings. The van der Waals surface area contributed by atoms with E-state index in [1.807, 2.05) is 19.1 Å². The standard InChI is InChI=1S/C12H12O/c1-3-9-4-6-10(7-5-9)11-8(2)12(11)13/h4-7H,3H2,1-2H3. The molecule has 0 fully saturated rings. The van der Waals surface area contributed by atoms with Gasteiger partial charge in [-0.1, -0.05) is 31.2 Å². The monoisotopic (exact) mass is 172 g/mol. The summed E-state index contributed by atoms with van der Waals surface area (Å²) in [5.41, 5.74) is 4.45. The SMILES string of the molecule is CCc1ccc(-c2c(C)c2=O)cc1. The molecule has 2 rings (SSSR count). The van der Waals surface area contributed by atoms with Crippen LogP contribution in [0, 0.1) is 6.92 Å². The Hall–Kier alpha value is -1.37. The van der Waals surface area contributed by atoms with Crippen LogP contribution in [0.25, 0.3) is 11.1 Å². The van der Waals surface area contributed by atoms with E-state index in [0.29, 0.717) is 0 Å². The topological polar surface area (TPSA) is 17.1 Å². The second-order valence-corrected chi connectivity index (χ2v) is 3.38. The maximum atomic E-state index is 11.1. The summed E-state index contributed by atoms with van der Waals surface area (Å²) in [6, 6.07) is 8.23. The minimum Gasteiger partial charge on any atom is -0.289 e. The van der Waals surface area contributed by atoms with Gasteiger partial charge in [-0.15, -0.1) is 0 Å². The van der Waals surface area contributed by atoms with E-state index in [1.54, 1.807) is 0 Å². The maximum Gasteiger partial charge on any atom is 0.190 e. The minimum absolute atomic E-state index is 0.226. The zero-order valence-electron chi connectivity index (χ0n) is 7.92. The van der Waals surface area contributed by atoms with Crippen LogP contribution in [0.15, 0.2) is 29.1 Å². The molecule has 0 spiro atoms. The zero-order chi connectivity index (χ0) is 9.42. The van der Waals surface area contributed by atoms with Gasteiger partial charge in [0.1, 0.15) is 0 Å². The first-order valence-corrected chi connectivity index (χ1v) is 4.59. The predicted molar refractivity (Wildman–Crippen MR) is 54.6 cm³/mol. The van der Waals surface area contributed by atoms with Crippen LogP contribution in [0.1, 0.15) is 18.1 Å². The summed E-state index contributed by atoms with van der Waals surface area (Å²) < 4.78 is 0. The van der Waals surface area contributed by atoms with Crippen molar-refractivity contribution in [3.63, 3.8) is 0 Å². The predicted octanol–water partition coefficient (Wildman–Crippen LogP) is 2.46. The Bertz CT molecular complexity index is 428. The second kappa shape index (κ2) is 2.84. The Balaban J connectivity index is 2.34. The van der Waals surface area contributed by atoms with Crippen molar-refractivity contribution in [3.8, 4) is 11.1 Å². The molecule has 0 N–H and O–H groups in total. The van der Waals surface area contributed by atoms with E-state index in [0.717, 1.165) is 23.1 Å². The molecule has 0 saturated carbocycles. The minimum atomic E-state index is 0.226. The van der Waals surface area contributed by atoms with Crippen molar-refractivity contribution in [2.45, 2.75) is 20.3 Å². The normalized spacial score (nSPS) is 10.9. The first-order valence-electron chi connectivity index (χ1n) is 4.59. The summed E-state index contributed by atoms with van der Waals surface area (Å²) in [6.07, 6.45) is 1.05. The Labute approximate surface area is 77.7 Å². The van der Waals surface area contributed by atoms with Crippen LogP contribution < -0.4 is 5.43 Å².